The van der Waals surface area contributed by atoms with Crippen LogP contribution in [0.5, 0.6) is 0 Å². The minimum atomic E-state index is -0.448. The van der Waals surface area contributed by atoms with Crippen molar-refractivity contribution in [3.8, 4) is 0 Å². The van der Waals surface area contributed by atoms with Gasteiger partial charge in [0, 0.05) is 37.3 Å². The predicted molar refractivity (Wildman–Crippen MR) is 90.9 cm³/mol. The molecule has 2 heterocycles. The van der Waals surface area contributed by atoms with Crippen LogP contribution in [0.3, 0.4) is 0 Å². The van der Waals surface area contributed by atoms with Crippen LogP contribution in [-0.4, -0.2) is 53.0 Å². The number of aromatic amines is 1. The molecule has 0 spiro atoms. The molecule has 0 unspecified atom stereocenters. The van der Waals surface area contributed by atoms with Crippen molar-refractivity contribution >= 4 is 22.7 Å². The molecule has 1 saturated heterocycles. The molecule has 23 heavy (non-hydrogen) atoms. The summed E-state index contributed by atoms with van der Waals surface area (Å²) in [5.74, 6) is 0. The fourth-order valence-corrected chi connectivity index (χ4v) is 2.89. The van der Waals surface area contributed by atoms with Crippen LogP contribution in [0.15, 0.2) is 18.3 Å². The molecule has 1 aromatic carbocycles. The Morgan fingerprint density at radius 3 is 2.57 bits per heavy atom. The van der Waals surface area contributed by atoms with Crippen molar-refractivity contribution in [2.75, 3.05) is 31.1 Å². The van der Waals surface area contributed by atoms with Gasteiger partial charge in [-0.15, -0.1) is 0 Å². The first-order chi connectivity index (χ1) is 10.8. The van der Waals surface area contributed by atoms with Crippen molar-refractivity contribution in [2.45, 2.75) is 33.3 Å². The van der Waals surface area contributed by atoms with Crippen molar-refractivity contribution in [1.29, 1.82) is 0 Å². The number of H-pyrrole nitrogens is 1. The summed E-state index contributed by atoms with van der Waals surface area (Å²) in [5, 5.41) is 8.23. The monoisotopic (exact) mass is 316 g/mol. The lowest BCUT2D eigenvalue weighted by atomic mass is 10.1. The summed E-state index contributed by atoms with van der Waals surface area (Å²) in [6, 6.07) is 4.29. The Balaban J connectivity index is 1.68. The van der Waals surface area contributed by atoms with Gasteiger partial charge in [0.25, 0.3) is 0 Å². The Kier molecular flexibility index (Phi) is 3.92. The van der Waals surface area contributed by atoms with E-state index in [-0.39, 0.29) is 6.09 Å². The molecule has 1 aliphatic rings. The molecule has 1 aliphatic heterocycles. The summed E-state index contributed by atoms with van der Waals surface area (Å²) in [5.41, 5.74) is 3.02. The molecule has 0 saturated carbocycles. The largest absolute Gasteiger partial charge is 0.444 e. The topological polar surface area (TPSA) is 61.5 Å². The third-order valence-electron chi connectivity index (χ3n) is 4.03. The van der Waals surface area contributed by atoms with Gasteiger partial charge in [-0.05, 0) is 45.4 Å². The number of benzene rings is 1. The first-order valence-corrected chi connectivity index (χ1v) is 8.00. The Hall–Kier alpha value is -2.24. The van der Waals surface area contributed by atoms with E-state index in [1.165, 1.54) is 11.3 Å². The third-order valence-corrected chi connectivity index (χ3v) is 4.03. The summed E-state index contributed by atoms with van der Waals surface area (Å²) < 4.78 is 5.44. The molecule has 1 aromatic heterocycles. The quantitative estimate of drug-likeness (QED) is 0.879. The maximum atomic E-state index is 12.1. The minimum absolute atomic E-state index is 0.224. The Morgan fingerprint density at radius 2 is 1.91 bits per heavy atom. The molecule has 6 heteroatoms. The second-order valence-corrected chi connectivity index (χ2v) is 7.05. The number of aryl methyl sites for hydroxylation is 1. The van der Waals surface area contributed by atoms with Gasteiger partial charge in [0.15, 0.2) is 0 Å². The number of ether oxygens (including phenoxy) is 1. The number of carbonyl (C=O) groups is 1. The third kappa shape index (κ3) is 3.41. The van der Waals surface area contributed by atoms with Crippen molar-refractivity contribution in [3.63, 3.8) is 0 Å². The average molecular weight is 316 g/mol. The molecule has 1 N–H and O–H groups in total. The number of hydrogen-bond donors (Lipinski definition) is 1. The van der Waals surface area contributed by atoms with Crippen molar-refractivity contribution in [2.24, 2.45) is 0 Å². The van der Waals surface area contributed by atoms with Gasteiger partial charge in [-0.1, -0.05) is 0 Å². The van der Waals surface area contributed by atoms with Gasteiger partial charge in [-0.25, -0.2) is 4.79 Å². The van der Waals surface area contributed by atoms with E-state index in [4.69, 9.17) is 4.74 Å². The average Bonchev–Trinajstić information content (AvgIpc) is 2.92. The number of piperazine rings is 1. The molecule has 0 atom stereocenters. The van der Waals surface area contributed by atoms with Gasteiger partial charge in [-0.3, -0.25) is 5.10 Å². The molecule has 0 aliphatic carbocycles. The highest BCUT2D eigenvalue weighted by Gasteiger charge is 2.26. The number of anilines is 1. The Labute approximate surface area is 136 Å². The molecule has 3 rings (SSSR count). The normalized spacial score (nSPS) is 16.0. The molecular weight excluding hydrogens is 292 g/mol. The summed E-state index contributed by atoms with van der Waals surface area (Å²) in [6.45, 7) is 10.8. The van der Waals surface area contributed by atoms with E-state index in [1.807, 2.05) is 27.0 Å². The lowest BCUT2D eigenvalue weighted by Gasteiger charge is -2.37. The minimum Gasteiger partial charge on any atom is -0.444 e. The molecular formula is C17H24N4O2. The number of hydrogen-bond acceptors (Lipinski definition) is 4. The van der Waals surface area contributed by atoms with E-state index in [2.05, 4.69) is 34.2 Å². The van der Waals surface area contributed by atoms with Crippen LogP contribution in [0.4, 0.5) is 10.5 Å². The lowest BCUT2D eigenvalue weighted by Crippen LogP contribution is -2.50. The summed E-state index contributed by atoms with van der Waals surface area (Å²) in [6.07, 6.45) is 1.62. The number of rotatable bonds is 1. The maximum Gasteiger partial charge on any atom is 0.410 e. The second kappa shape index (κ2) is 5.76. The number of carbonyl (C=O) groups excluding carboxylic acids is 1. The van der Waals surface area contributed by atoms with Gasteiger partial charge in [0.2, 0.25) is 0 Å². The predicted octanol–water partition coefficient (Wildman–Crippen LogP) is 2.93. The smallest absolute Gasteiger partial charge is 0.410 e. The maximum absolute atomic E-state index is 12.1. The number of amides is 1. The summed E-state index contributed by atoms with van der Waals surface area (Å²) >= 11 is 0. The molecule has 1 amide bonds. The van der Waals surface area contributed by atoms with Crippen molar-refractivity contribution < 1.29 is 9.53 Å². The Morgan fingerprint density at radius 1 is 1.22 bits per heavy atom. The van der Waals surface area contributed by atoms with E-state index < -0.39 is 5.60 Å². The molecule has 6 nitrogen and oxygen atoms in total. The fourth-order valence-electron chi connectivity index (χ4n) is 2.89. The second-order valence-electron chi connectivity index (χ2n) is 7.05. The molecule has 0 bridgehead atoms. The first-order valence-electron chi connectivity index (χ1n) is 8.00. The summed E-state index contributed by atoms with van der Waals surface area (Å²) in [7, 11) is 0. The van der Waals surface area contributed by atoms with E-state index >= 15 is 0 Å². The number of nitrogens with one attached hydrogen (secondary N) is 1. The lowest BCUT2D eigenvalue weighted by molar-refractivity contribution is 0.0240. The van der Waals surface area contributed by atoms with Crippen LogP contribution in [0.25, 0.3) is 10.9 Å². The molecule has 2 aromatic rings. The Bertz CT molecular complexity index is 709. The number of nitrogens with zero attached hydrogens (tertiary/aromatic N) is 3. The number of fused-ring (bicyclic) bond motifs is 1. The standard InChI is InChI=1S/C17H24N4O2/c1-12-9-13-11-18-19-14(13)10-15(12)20-5-7-21(8-6-20)16(22)23-17(2,3)4/h9-11H,5-8H2,1-4H3,(H,18,19). The van der Waals surface area contributed by atoms with Gasteiger partial charge >= 0.3 is 6.09 Å². The van der Waals surface area contributed by atoms with E-state index in [0.717, 1.165) is 24.0 Å². The number of aromatic nitrogens is 2. The van der Waals surface area contributed by atoms with Gasteiger partial charge < -0.3 is 14.5 Å². The van der Waals surface area contributed by atoms with Crippen molar-refractivity contribution in [3.05, 3.63) is 23.9 Å². The van der Waals surface area contributed by atoms with Crippen LogP contribution in [0.1, 0.15) is 26.3 Å². The van der Waals surface area contributed by atoms with Crippen LogP contribution in [0.2, 0.25) is 0 Å². The van der Waals surface area contributed by atoms with Gasteiger partial charge in [0.05, 0.1) is 11.7 Å². The van der Waals surface area contributed by atoms with Crippen LogP contribution in [0, 0.1) is 6.92 Å². The van der Waals surface area contributed by atoms with Gasteiger partial charge in [0.1, 0.15) is 5.60 Å². The van der Waals surface area contributed by atoms with E-state index in [0.29, 0.717) is 13.1 Å². The van der Waals surface area contributed by atoms with Crippen molar-refractivity contribution in [1.82, 2.24) is 15.1 Å². The first kappa shape index (κ1) is 15.6. The summed E-state index contributed by atoms with van der Waals surface area (Å²) in [4.78, 5) is 16.2. The zero-order chi connectivity index (χ0) is 16.6. The SMILES string of the molecule is Cc1cc2cn[nH]c2cc1N1CCN(C(=O)OC(C)(C)C)CC1. The molecule has 1 fully saturated rings. The fraction of sp³-hybridized carbons (Fsp3) is 0.529. The highest BCUT2D eigenvalue weighted by atomic mass is 16.6. The van der Waals surface area contributed by atoms with Gasteiger partial charge in [-0.2, -0.15) is 5.10 Å². The molecule has 0 radical (unpaired) electrons. The van der Waals surface area contributed by atoms with E-state index in [9.17, 15) is 4.79 Å². The zero-order valence-electron chi connectivity index (χ0n) is 14.2. The van der Waals surface area contributed by atoms with Crippen LogP contribution in [-0.2, 0) is 4.74 Å². The highest BCUT2D eigenvalue weighted by molar-refractivity contribution is 5.83. The highest BCUT2D eigenvalue weighted by Crippen LogP contribution is 2.26. The van der Waals surface area contributed by atoms with Crippen LogP contribution >= 0.6 is 0 Å². The zero-order valence-corrected chi connectivity index (χ0v) is 14.2. The molecule has 124 valence electrons. The van der Waals surface area contributed by atoms with Crippen LogP contribution < -0.4 is 4.90 Å². The van der Waals surface area contributed by atoms with E-state index in [1.54, 1.807) is 4.90 Å².